The number of benzene rings is 5. The molecule has 5 aromatic carbocycles. The number of rotatable bonds is 8. The van der Waals surface area contributed by atoms with Crippen LogP contribution in [-0.4, -0.2) is 37.8 Å². The van der Waals surface area contributed by atoms with Crippen LogP contribution in [0.4, 0.5) is 0 Å². The molecule has 0 aliphatic carbocycles. The van der Waals surface area contributed by atoms with Gasteiger partial charge < -0.3 is 8.98 Å². The predicted molar refractivity (Wildman–Crippen MR) is 283 cm³/mol. The second-order valence-electron chi connectivity index (χ2n) is 20.9. The van der Waals surface area contributed by atoms with E-state index in [-0.39, 0.29) is 31.9 Å². The molecule has 0 bridgehead atoms. The molecule has 0 amide bonds. The Morgan fingerprint density at radius 2 is 1.43 bits per heavy atom. The summed E-state index contributed by atoms with van der Waals surface area (Å²) in [4.78, 5) is 19.5. The van der Waals surface area contributed by atoms with Gasteiger partial charge in [0, 0.05) is 43.1 Å². The normalized spacial score (nSPS) is 12.0. The Morgan fingerprint density at radius 3 is 2.10 bits per heavy atom. The number of pyridine rings is 3. The van der Waals surface area contributed by atoms with Crippen LogP contribution in [0.3, 0.4) is 0 Å². The van der Waals surface area contributed by atoms with Crippen molar-refractivity contribution in [1.82, 2.24) is 24.5 Å². The van der Waals surface area contributed by atoms with Gasteiger partial charge in [0.25, 0.3) is 0 Å². The van der Waals surface area contributed by atoms with Gasteiger partial charge in [0.05, 0.1) is 28.1 Å². The third-order valence-corrected chi connectivity index (χ3v) is 17.0. The molecule has 10 aromatic rings. The van der Waals surface area contributed by atoms with Crippen molar-refractivity contribution in [3.63, 3.8) is 0 Å². The first-order chi connectivity index (χ1) is 31.9. The Kier molecular flexibility index (Phi) is 13.9. The molecule has 10 rings (SSSR count). The van der Waals surface area contributed by atoms with Gasteiger partial charge in [-0.25, -0.2) is 4.98 Å². The molecule has 0 atom stereocenters. The first kappa shape index (κ1) is 48.7. The van der Waals surface area contributed by atoms with Crippen molar-refractivity contribution >= 4 is 61.5 Å². The van der Waals surface area contributed by atoms with E-state index in [0.717, 1.165) is 73.5 Å². The van der Waals surface area contributed by atoms with E-state index >= 15 is 0 Å². The van der Waals surface area contributed by atoms with Crippen molar-refractivity contribution in [2.45, 2.75) is 97.8 Å². The molecular formula is C60H61GeIrN5O-2. The molecule has 1 radical (unpaired) electrons. The largest absolute Gasteiger partial charge is 0.486 e. The van der Waals surface area contributed by atoms with Crippen molar-refractivity contribution < 1.29 is 24.5 Å². The third-order valence-electron chi connectivity index (χ3n) is 12.6. The van der Waals surface area contributed by atoms with E-state index in [4.69, 9.17) is 24.4 Å². The minimum atomic E-state index is -1.90. The van der Waals surface area contributed by atoms with Crippen LogP contribution in [0.25, 0.3) is 83.3 Å². The van der Waals surface area contributed by atoms with Crippen LogP contribution in [-0.2, 0) is 26.5 Å². The summed E-state index contributed by atoms with van der Waals surface area (Å²) in [6.07, 6.45) is 5.08. The van der Waals surface area contributed by atoms with E-state index in [0.29, 0.717) is 11.1 Å². The second-order valence-corrected chi connectivity index (χ2v) is 31.5. The standard InChI is InChI=1S/C41H35N4O.C19H26GeN.Ir/c1-23(2)34-21-30(29-16-15-27-10-7-8-11-28(27)20-29)22-35(24(3)4)38(34)45-37-26(6)42-19-18-36(37)44-40(45)33-13-9-12-31-32-17-14-25(5)43-41(32)46-39(31)33;1-19(2,3)13-16-12-18(15-10-8-7-9-11-15)21-14-17(16)20(4,5)6;/h7-12,14-24H,1-6H3;7-10,12,14H,13H2,1-6H3;/q2*-1;. The minimum Gasteiger partial charge on any atom is -0.486 e. The van der Waals surface area contributed by atoms with Gasteiger partial charge in [-0.1, -0.05) is 75.0 Å². The molecule has 0 fully saturated rings. The van der Waals surface area contributed by atoms with E-state index in [1.54, 1.807) is 0 Å². The fourth-order valence-corrected chi connectivity index (χ4v) is 12.7. The Hall–Kier alpha value is -5.73. The Bertz CT molecular complexity index is 3420. The van der Waals surface area contributed by atoms with E-state index in [9.17, 15) is 0 Å². The zero-order chi connectivity index (χ0) is 47.4. The first-order valence-electron chi connectivity index (χ1n) is 23.6. The van der Waals surface area contributed by atoms with Crippen molar-refractivity contribution in [3.05, 3.63) is 168 Å². The van der Waals surface area contributed by atoms with Crippen LogP contribution in [0.15, 0.2) is 132 Å². The maximum atomic E-state index is 6.49. The zero-order valence-electron chi connectivity index (χ0n) is 41.5. The molecule has 8 heteroatoms. The first-order valence-corrected chi connectivity index (χ1v) is 31.0. The summed E-state index contributed by atoms with van der Waals surface area (Å²) >= 11 is -1.90. The van der Waals surface area contributed by atoms with Gasteiger partial charge in [-0.05, 0) is 95.1 Å². The summed E-state index contributed by atoms with van der Waals surface area (Å²) in [7, 11) is 0. The molecule has 0 saturated heterocycles. The molecule has 0 saturated carbocycles. The van der Waals surface area contributed by atoms with Gasteiger partial charge in [-0.3, -0.25) is 9.97 Å². The third kappa shape index (κ3) is 9.76. The molecule has 0 aliphatic heterocycles. The number of aromatic nitrogens is 5. The average molecular weight is 1130 g/mol. The molecule has 6 nitrogen and oxygen atoms in total. The molecular weight excluding hydrogens is 1070 g/mol. The SMILES string of the molecule is CC(C)(C)Cc1cc(-c2[c-]cccc2)nc[c]1[Ge]([CH3])([CH3])[CH3].Cc1ccc2c(n1)oc1c(-c3nc4ccnc(C)c4n3-c3c(C(C)C)cc(-c4ccc5ccccc5c4)cc3C(C)C)[c-]ccc12.[Ir]. The molecule has 0 spiro atoms. The molecule has 5 heterocycles. The summed E-state index contributed by atoms with van der Waals surface area (Å²) in [6, 6.07) is 47.4. The monoisotopic (exact) mass is 1130 g/mol. The number of nitrogens with zero attached hydrogens (tertiary/aromatic N) is 5. The Balaban J connectivity index is 0.000000240. The molecule has 0 N–H and O–H groups in total. The minimum absolute atomic E-state index is 0. The fourth-order valence-electron chi connectivity index (χ4n) is 9.39. The number of hydrogen-bond donors (Lipinski definition) is 0. The summed E-state index contributed by atoms with van der Waals surface area (Å²) in [5.74, 6) is 8.60. The van der Waals surface area contributed by atoms with Gasteiger partial charge in [0.1, 0.15) is 0 Å². The van der Waals surface area contributed by atoms with Crippen LogP contribution >= 0.6 is 0 Å². The van der Waals surface area contributed by atoms with Gasteiger partial charge in [-0.2, -0.15) is 0 Å². The number of aryl methyl sites for hydroxylation is 2. The Labute approximate surface area is 418 Å². The van der Waals surface area contributed by atoms with Crippen LogP contribution in [0.2, 0.25) is 17.3 Å². The average Bonchev–Trinajstić information content (AvgIpc) is 3.87. The topological polar surface area (TPSA) is 69.6 Å². The smallest absolute Gasteiger partial charge is 0.216 e. The summed E-state index contributed by atoms with van der Waals surface area (Å²) in [6.45, 7) is 20.1. The number of hydrogen-bond acceptors (Lipinski definition) is 5. The quantitative estimate of drug-likeness (QED) is 0.112. The van der Waals surface area contributed by atoms with Crippen molar-refractivity contribution in [2.24, 2.45) is 5.41 Å². The van der Waals surface area contributed by atoms with Crippen LogP contribution < -0.4 is 4.40 Å². The van der Waals surface area contributed by atoms with Gasteiger partial charge in [0.2, 0.25) is 5.71 Å². The summed E-state index contributed by atoms with van der Waals surface area (Å²) in [5.41, 5.74) is 15.9. The summed E-state index contributed by atoms with van der Waals surface area (Å²) < 4.78 is 10.3. The zero-order valence-corrected chi connectivity index (χ0v) is 46.0. The number of imidazole rings is 1. The molecule has 68 heavy (non-hydrogen) atoms. The summed E-state index contributed by atoms with van der Waals surface area (Å²) in [5, 5.41) is 4.48. The molecule has 0 aliphatic rings. The Morgan fingerprint density at radius 1 is 0.706 bits per heavy atom. The van der Waals surface area contributed by atoms with E-state index in [2.05, 4.69) is 174 Å². The molecule has 0 unspecified atom stereocenters. The molecule has 347 valence electrons. The van der Waals surface area contributed by atoms with Crippen molar-refractivity contribution in [1.29, 1.82) is 0 Å². The van der Waals surface area contributed by atoms with Crippen molar-refractivity contribution in [2.75, 3.05) is 0 Å². The number of fused-ring (bicyclic) bond motifs is 5. The van der Waals surface area contributed by atoms with Gasteiger partial charge >= 0.3 is 132 Å². The van der Waals surface area contributed by atoms with Crippen molar-refractivity contribution in [3.8, 4) is 39.5 Å². The van der Waals surface area contributed by atoms with Gasteiger partial charge in [0.15, 0.2) is 0 Å². The number of furan rings is 1. The van der Waals surface area contributed by atoms with E-state index in [1.165, 1.54) is 43.0 Å². The van der Waals surface area contributed by atoms with E-state index < -0.39 is 13.3 Å². The fraction of sp³-hybridized carbons (Fsp3) is 0.267. The maximum Gasteiger partial charge on any atom is 0.216 e. The second kappa shape index (κ2) is 19.3. The van der Waals surface area contributed by atoms with Gasteiger partial charge in [-0.15, -0.1) is 18.2 Å². The van der Waals surface area contributed by atoms with Crippen LogP contribution in [0.1, 0.15) is 88.4 Å². The molecule has 5 aromatic heterocycles. The maximum absolute atomic E-state index is 6.49. The van der Waals surface area contributed by atoms with E-state index in [1.807, 2.05) is 49.5 Å². The predicted octanol–water partition coefficient (Wildman–Crippen LogP) is 15.5. The van der Waals surface area contributed by atoms with Crippen LogP contribution in [0.5, 0.6) is 0 Å². The van der Waals surface area contributed by atoms with Crippen LogP contribution in [0, 0.1) is 31.4 Å².